The number of nitrogens with zero attached hydrogens (tertiary/aromatic N) is 1. The Kier molecular flexibility index (Phi) is 2.94. The second-order valence-electron chi connectivity index (χ2n) is 2.49. The zero-order chi connectivity index (χ0) is 7.14. The van der Waals surface area contributed by atoms with Gasteiger partial charge in [0.1, 0.15) is 0 Å². The summed E-state index contributed by atoms with van der Waals surface area (Å²) < 4.78 is 1.12. The van der Waals surface area contributed by atoms with Crippen LogP contribution in [0.2, 0.25) is 0 Å². The Morgan fingerprint density at radius 3 is 2.55 bits per heavy atom. The van der Waals surface area contributed by atoms with Crippen molar-refractivity contribution >= 4 is 49.4 Å². The molecule has 1 saturated carbocycles. The highest BCUT2D eigenvalue weighted by Crippen LogP contribution is 2.44. The van der Waals surface area contributed by atoms with E-state index in [1.807, 2.05) is 0 Å². The Morgan fingerprint density at radius 2 is 2.18 bits per heavy atom. The summed E-state index contributed by atoms with van der Waals surface area (Å²) in [7, 11) is 0. The van der Waals surface area contributed by atoms with Crippen LogP contribution in [0, 0.1) is 0 Å². The molecule has 0 unspecified atom stereocenters. The first-order chi connectivity index (χ1) is 4.77. The van der Waals surface area contributed by atoms with Gasteiger partial charge in [-0.2, -0.15) is 0 Å². The third-order valence-electron chi connectivity index (χ3n) is 1.59. The lowest BCUT2D eigenvalue weighted by Gasteiger charge is -1.86. The van der Waals surface area contributed by atoms with Gasteiger partial charge in [0.25, 0.3) is 0 Å². The van der Waals surface area contributed by atoms with E-state index in [2.05, 4.69) is 20.9 Å². The lowest BCUT2D eigenvalue weighted by Crippen LogP contribution is -1.83. The first-order valence-corrected chi connectivity index (χ1v) is 4.80. The molecule has 0 saturated heterocycles. The largest absolute Gasteiger partial charge is 0.375 e. The minimum atomic E-state index is 0. The molecule has 1 aliphatic carbocycles. The SMILES string of the molecule is Br.Nc1nc(C2CC2)c(Br)s1. The van der Waals surface area contributed by atoms with Gasteiger partial charge in [0.05, 0.1) is 9.48 Å². The van der Waals surface area contributed by atoms with Crippen molar-refractivity contribution in [3.05, 3.63) is 9.48 Å². The number of halogens is 2. The highest BCUT2D eigenvalue weighted by molar-refractivity contribution is 9.11. The van der Waals surface area contributed by atoms with Gasteiger partial charge in [0, 0.05) is 5.92 Å². The molecule has 0 bridgehead atoms. The van der Waals surface area contributed by atoms with E-state index in [-0.39, 0.29) is 17.0 Å². The summed E-state index contributed by atoms with van der Waals surface area (Å²) in [6, 6.07) is 0. The molecular formula is C6H8Br2N2S. The van der Waals surface area contributed by atoms with Crippen LogP contribution in [-0.2, 0) is 0 Å². The maximum atomic E-state index is 5.52. The summed E-state index contributed by atoms with van der Waals surface area (Å²) in [5, 5.41) is 0.675. The van der Waals surface area contributed by atoms with E-state index < -0.39 is 0 Å². The summed E-state index contributed by atoms with van der Waals surface area (Å²) in [5.41, 5.74) is 6.69. The number of nitrogens with two attached hydrogens (primary N) is 1. The number of hydrogen-bond acceptors (Lipinski definition) is 3. The third-order valence-corrected chi connectivity index (χ3v) is 3.17. The lowest BCUT2D eigenvalue weighted by atomic mass is 10.3. The normalized spacial score (nSPS) is 16.1. The predicted molar refractivity (Wildman–Crippen MR) is 56.5 cm³/mol. The van der Waals surface area contributed by atoms with Crippen molar-refractivity contribution in [2.45, 2.75) is 18.8 Å². The summed E-state index contributed by atoms with van der Waals surface area (Å²) in [6.07, 6.45) is 2.56. The van der Waals surface area contributed by atoms with Crippen LogP contribution in [0.3, 0.4) is 0 Å². The third kappa shape index (κ3) is 1.95. The molecule has 0 atom stereocenters. The summed E-state index contributed by atoms with van der Waals surface area (Å²) >= 11 is 4.95. The van der Waals surface area contributed by atoms with Crippen LogP contribution in [0.5, 0.6) is 0 Å². The van der Waals surface area contributed by atoms with Gasteiger partial charge in [-0.25, -0.2) is 4.98 Å². The highest BCUT2D eigenvalue weighted by Gasteiger charge is 2.28. The second-order valence-corrected chi connectivity index (χ2v) is 4.83. The van der Waals surface area contributed by atoms with Crippen molar-refractivity contribution in [1.82, 2.24) is 4.98 Å². The summed E-state index contributed by atoms with van der Waals surface area (Å²) in [4.78, 5) is 4.22. The van der Waals surface area contributed by atoms with Gasteiger partial charge in [-0.05, 0) is 28.8 Å². The zero-order valence-electron chi connectivity index (χ0n) is 5.71. The molecule has 0 spiro atoms. The van der Waals surface area contributed by atoms with Crippen molar-refractivity contribution in [2.24, 2.45) is 0 Å². The average Bonchev–Trinajstić information content (AvgIpc) is 2.61. The van der Waals surface area contributed by atoms with Gasteiger partial charge in [0.2, 0.25) is 0 Å². The van der Waals surface area contributed by atoms with E-state index >= 15 is 0 Å². The van der Waals surface area contributed by atoms with E-state index in [9.17, 15) is 0 Å². The zero-order valence-corrected chi connectivity index (χ0v) is 9.83. The quantitative estimate of drug-likeness (QED) is 0.866. The predicted octanol–water partition coefficient (Wildman–Crippen LogP) is 2.94. The van der Waals surface area contributed by atoms with Crippen molar-refractivity contribution < 1.29 is 0 Å². The minimum Gasteiger partial charge on any atom is -0.375 e. The number of rotatable bonds is 1. The Hall–Kier alpha value is 0.390. The molecule has 2 nitrogen and oxygen atoms in total. The van der Waals surface area contributed by atoms with Crippen LogP contribution < -0.4 is 5.73 Å². The van der Waals surface area contributed by atoms with E-state index in [4.69, 9.17) is 5.73 Å². The molecule has 1 aliphatic rings. The van der Waals surface area contributed by atoms with E-state index in [0.717, 1.165) is 3.79 Å². The number of aromatic nitrogens is 1. The Bertz CT molecular complexity index is 257. The van der Waals surface area contributed by atoms with Crippen LogP contribution in [0.25, 0.3) is 0 Å². The fourth-order valence-electron chi connectivity index (χ4n) is 0.938. The number of thiazole rings is 1. The first-order valence-electron chi connectivity index (χ1n) is 3.19. The molecular weight excluding hydrogens is 292 g/mol. The maximum Gasteiger partial charge on any atom is 0.181 e. The van der Waals surface area contributed by atoms with Crippen molar-refractivity contribution in [3.63, 3.8) is 0 Å². The lowest BCUT2D eigenvalue weighted by molar-refractivity contribution is 1.04. The first kappa shape index (κ1) is 9.48. The van der Waals surface area contributed by atoms with Gasteiger partial charge in [0.15, 0.2) is 5.13 Å². The number of hydrogen-bond donors (Lipinski definition) is 1. The van der Waals surface area contributed by atoms with Gasteiger partial charge < -0.3 is 5.73 Å². The van der Waals surface area contributed by atoms with Crippen LogP contribution in [0.1, 0.15) is 24.5 Å². The fourth-order valence-corrected chi connectivity index (χ4v) is 2.49. The smallest absolute Gasteiger partial charge is 0.181 e. The second kappa shape index (κ2) is 3.41. The molecule has 0 aromatic carbocycles. The summed E-state index contributed by atoms with van der Waals surface area (Å²) in [6.45, 7) is 0. The average molecular weight is 300 g/mol. The monoisotopic (exact) mass is 298 g/mol. The van der Waals surface area contributed by atoms with Gasteiger partial charge in [-0.1, -0.05) is 11.3 Å². The summed E-state index contributed by atoms with van der Waals surface area (Å²) in [5.74, 6) is 0.697. The molecule has 1 aromatic heterocycles. The fraction of sp³-hybridized carbons (Fsp3) is 0.500. The van der Waals surface area contributed by atoms with Crippen LogP contribution in [-0.4, -0.2) is 4.98 Å². The van der Waals surface area contributed by atoms with Crippen molar-refractivity contribution in [3.8, 4) is 0 Å². The molecule has 2 N–H and O–H groups in total. The van der Waals surface area contributed by atoms with E-state index in [1.54, 1.807) is 0 Å². The van der Waals surface area contributed by atoms with Crippen molar-refractivity contribution in [1.29, 1.82) is 0 Å². The molecule has 1 aromatic rings. The molecule has 1 heterocycles. The Labute approximate surface area is 88.1 Å². The highest BCUT2D eigenvalue weighted by atomic mass is 79.9. The van der Waals surface area contributed by atoms with Crippen LogP contribution in [0.4, 0.5) is 5.13 Å². The van der Waals surface area contributed by atoms with E-state index in [1.165, 1.54) is 29.9 Å². The maximum absolute atomic E-state index is 5.52. The van der Waals surface area contributed by atoms with Crippen LogP contribution >= 0.6 is 44.2 Å². The Morgan fingerprint density at radius 1 is 1.55 bits per heavy atom. The molecule has 11 heavy (non-hydrogen) atoms. The standard InChI is InChI=1S/C6H7BrN2S.BrH/c7-5-4(3-1-2-3)9-6(8)10-5;/h3H,1-2H2,(H2,8,9);1H. The molecule has 0 amide bonds. The molecule has 0 aliphatic heterocycles. The van der Waals surface area contributed by atoms with Gasteiger partial charge in [-0.15, -0.1) is 17.0 Å². The van der Waals surface area contributed by atoms with Gasteiger partial charge in [-0.3, -0.25) is 0 Å². The van der Waals surface area contributed by atoms with E-state index in [0.29, 0.717) is 11.0 Å². The molecule has 2 rings (SSSR count). The minimum absolute atomic E-state index is 0. The number of nitrogen functional groups attached to an aromatic ring is 1. The molecule has 5 heteroatoms. The number of anilines is 1. The Balaban J connectivity index is 0.000000605. The van der Waals surface area contributed by atoms with Crippen molar-refractivity contribution in [2.75, 3.05) is 5.73 Å². The molecule has 1 fully saturated rings. The molecule has 62 valence electrons. The van der Waals surface area contributed by atoms with Crippen LogP contribution in [0.15, 0.2) is 3.79 Å². The molecule has 0 radical (unpaired) electrons. The van der Waals surface area contributed by atoms with Gasteiger partial charge >= 0.3 is 0 Å². The topological polar surface area (TPSA) is 38.9 Å².